The lowest BCUT2D eigenvalue weighted by molar-refractivity contribution is -0.234. The molecule has 1 aliphatic heterocycles. The Morgan fingerprint density at radius 2 is 1.04 bits per heavy atom. The molecule has 1 saturated heterocycles. The zero-order chi connectivity index (χ0) is 74.1. The summed E-state index contributed by atoms with van der Waals surface area (Å²) < 4.78 is 158. The number of hydrogen-bond donors (Lipinski definition) is 12. The van der Waals surface area contributed by atoms with E-state index in [0.29, 0.717) is 12.8 Å². The predicted molar refractivity (Wildman–Crippen MR) is 326 cm³/mol. The van der Waals surface area contributed by atoms with Crippen LogP contribution in [0.3, 0.4) is 0 Å². The van der Waals surface area contributed by atoms with Gasteiger partial charge in [0.05, 0.1) is 50.9 Å². The van der Waals surface area contributed by atoms with Gasteiger partial charge in [0.15, 0.2) is 0 Å². The first-order chi connectivity index (χ1) is 46.3. The first-order valence-electron chi connectivity index (χ1n) is 29.5. The van der Waals surface area contributed by atoms with Crippen molar-refractivity contribution in [2.45, 2.75) is 147 Å². The number of ether oxygens (including phenoxy) is 1. The number of aromatic nitrogens is 9. The van der Waals surface area contributed by atoms with Crippen LogP contribution in [0.5, 0.6) is 0 Å². The summed E-state index contributed by atoms with van der Waals surface area (Å²) in [4.78, 5) is 177. The molecule has 564 valence electrons. The molecule has 5 heterocycles. The monoisotopic (exact) mass is 1590 g/mol. The van der Waals surface area contributed by atoms with E-state index >= 15 is 0 Å². The summed E-state index contributed by atoms with van der Waals surface area (Å²) in [5, 5.41) is 31.4. The van der Waals surface area contributed by atoms with Crippen LogP contribution in [-0.2, 0) is 108 Å². The number of nitrogens with one attached hydrogen (secondary N) is 4. The highest BCUT2D eigenvalue weighted by Crippen LogP contribution is 2.75. The van der Waals surface area contributed by atoms with Gasteiger partial charge in [0.2, 0.25) is 5.91 Å². The van der Waals surface area contributed by atoms with E-state index in [9.17, 15) is 119 Å². The van der Waals surface area contributed by atoms with E-state index in [1.54, 1.807) is 0 Å². The van der Waals surface area contributed by atoms with Crippen LogP contribution in [-0.4, -0.2) is 147 Å². The molecular weight excluding hydrogens is 1520 g/mol. The summed E-state index contributed by atoms with van der Waals surface area (Å²) >= 11 is 0. The summed E-state index contributed by atoms with van der Waals surface area (Å²) in [6, 6.07) is -1.46. The number of rotatable bonds is 39. The lowest BCUT2D eigenvalue weighted by Gasteiger charge is -2.31. The maximum absolute atomic E-state index is 13.3. The Kier molecular flexibility index (Phi) is 28.4. The smallest absolute Gasteiger partial charge is 0.490 e. The van der Waals surface area contributed by atoms with Crippen LogP contribution in [0.2, 0.25) is 0 Å². The number of unbranched alkanes of at least 4 members (excludes halogenated alkanes) is 3. The molecule has 7 rings (SSSR count). The van der Waals surface area contributed by atoms with E-state index in [0.717, 1.165) is 15.3 Å². The number of aromatic amines is 3. The van der Waals surface area contributed by atoms with Crippen LogP contribution in [0.25, 0.3) is 0 Å². The van der Waals surface area contributed by atoms with E-state index < -0.39 is 190 Å². The Balaban J connectivity index is 0.756. The van der Waals surface area contributed by atoms with Crippen molar-refractivity contribution in [1.29, 1.82) is 0 Å². The fourth-order valence-electron chi connectivity index (χ4n) is 10.3. The number of phosphoric ester groups is 4. The van der Waals surface area contributed by atoms with Gasteiger partial charge in [0, 0.05) is 85.1 Å². The normalized spacial score (nSPS) is 25.9. The van der Waals surface area contributed by atoms with Crippen LogP contribution >= 0.6 is 62.6 Å². The molecule has 47 nitrogen and oxygen atoms in total. The number of nitrogens with zero attached hydrogens (tertiary/aromatic N) is 6. The van der Waals surface area contributed by atoms with Gasteiger partial charge in [-0.2, -0.15) is 21.6 Å². The lowest BCUT2D eigenvalue weighted by atomic mass is 10.1. The second kappa shape index (κ2) is 34.2. The first kappa shape index (κ1) is 82.9. The van der Waals surface area contributed by atoms with Crippen molar-refractivity contribution >= 4 is 68.5 Å². The molecule has 1 amide bonds. The molecule has 100 heavy (non-hydrogen) atoms. The summed E-state index contributed by atoms with van der Waals surface area (Å²) in [6.07, 6.45) is -1.33. The maximum Gasteiger partial charge on any atom is 0.490 e. The van der Waals surface area contributed by atoms with Gasteiger partial charge >= 0.3 is 64.0 Å². The Labute approximate surface area is 561 Å². The topological polar surface area (TPSA) is 680 Å². The molecule has 0 radical (unpaired) electrons. The maximum atomic E-state index is 13.3. The number of aliphatic hydroxyl groups is 2. The number of phosphoric acid groups is 8. The second-order valence-electron chi connectivity index (χ2n) is 22.8. The van der Waals surface area contributed by atoms with Crippen LogP contribution in [0.1, 0.15) is 111 Å². The molecule has 12 N–H and O–H groups in total. The van der Waals surface area contributed by atoms with Gasteiger partial charge in [-0.25, -0.2) is 41.8 Å². The van der Waals surface area contributed by atoms with Gasteiger partial charge in [-0.05, 0) is 65.7 Å². The van der Waals surface area contributed by atoms with Gasteiger partial charge < -0.3 is 77.5 Å². The predicted octanol–water partition coefficient (Wildman–Crippen LogP) is -0.187. The third kappa shape index (κ3) is 25.5. The van der Waals surface area contributed by atoms with Crippen molar-refractivity contribution < 1.29 is 144 Å². The fourth-order valence-corrected chi connectivity index (χ4v) is 19.9. The average molecular weight is 1590 g/mol. The summed E-state index contributed by atoms with van der Waals surface area (Å²) in [5.41, 5.74) is -4.08. The third-order valence-corrected chi connectivity index (χ3v) is 26.1. The van der Waals surface area contributed by atoms with E-state index in [2.05, 4.69) is 56.2 Å². The van der Waals surface area contributed by atoms with E-state index in [1.165, 1.54) is 48.6 Å². The fraction of sp³-hybridized carbons (Fsp3) is 0.667. The number of carbonyl (C=O) groups excluding carboxylic acids is 1. The summed E-state index contributed by atoms with van der Waals surface area (Å²) in [6.45, 7) is 0.711. The number of aryl methyl sites for hydroxylation is 4. The van der Waals surface area contributed by atoms with Crippen molar-refractivity contribution in [2.75, 3.05) is 33.0 Å². The third-order valence-electron chi connectivity index (χ3n) is 15.0. The van der Waals surface area contributed by atoms with Gasteiger partial charge in [-0.15, -0.1) is 5.10 Å². The van der Waals surface area contributed by atoms with Crippen molar-refractivity contribution in [3.63, 3.8) is 0 Å². The Morgan fingerprint density at radius 3 is 1.61 bits per heavy atom. The summed E-state index contributed by atoms with van der Waals surface area (Å²) in [5.74, 6) is -2.26. The Morgan fingerprint density at radius 1 is 0.560 bits per heavy atom. The largest absolute Gasteiger partial charge is 0.756 e. The molecule has 2 saturated carbocycles. The van der Waals surface area contributed by atoms with Gasteiger partial charge in [-0.3, -0.25) is 70.7 Å². The molecular formula is C45H70N10O37P8-2. The SMILES string of the molecule is Cc1cn([C@H]2CC(O)[C@@H](COP(=O)([O-])OC3C[C@H](n4cc(C)c(=O)[nH]c4=O)C[C@@H]3COP(=O)([O-])OCc3cn(CCCC(=O)NCCCCCCOP(=O)(O)OP(=O)(O)OP(=O)(O)OP(=O)(O)OP(=O)(O)OP(=O)(O)OC[C@@H]4O[C@H](n5cc(C)c(=O)[nH]c5=O)CC4O)nn3)C2)c(=O)[nH]c1=O. The average Bonchev–Trinajstić information content (AvgIpc) is 1.54. The zero-order valence-corrected chi connectivity index (χ0v) is 59.6. The van der Waals surface area contributed by atoms with E-state index in [-0.39, 0.29) is 93.3 Å². The van der Waals surface area contributed by atoms with Crippen molar-refractivity contribution in [1.82, 2.24) is 49.0 Å². The minimum atomic E-state index is -6.57. The number of amides is 1. The molecule has 3 aliphatic rings. The van der Waals surface area contributed by atoms with Crippen molar-refractivity contribution in [2.24, 2.45) is 11.8 Å². The van der Waals surface area contributed by atoms with E-state index in [1.807, 2.05) is 4.98 Å². The molecule has 0 bridgehead atoms. The highest BCUT2D eigenvalue weighted by atomic mass is 31.3. The molecule has 4 aromatic heterocycles. The number of H-pyrrole nitrogens is 3. The van der Waals surface area contributed by atoms with Crippen molar-refractivity contribution in [3.8, 4) is 0 Å². The van der Waals surface area contributed by atoms with Crippen LogP contribution < -0.4 is 48.9 Å². The Bertz CT molecular complexity index is 4360. The zero-order valence-electron chi connectivity index (χ0n) is 52.4. The molecule has 11 unspecified atom stereocenters. The molecule has 55 heteroatoms. The molecule has 17 atom stereocenters. The first-order valence-corrected chi connectivity index (χ1v) is 41.4. The van der Waals surface area contributed by atoms with Crippen LogP contribution in [0, 0.1) is 32.6 Å². The van der Waals surface area contributed by atoms with E-state index in [4.69, 9.17) is 22.8 Å². The van der Waals surface area contributed by atoms with Gasteiger partial charge in [0.25, 0.3) is 32.3 Å². The minimum Gasteiger partial charge on any atom is -0.756 e. The van der Waals surface area contributed by atoms with Gasteiger partial charge in [0.1, 0.15) is 24.6 Å². The van der Waals surface area contributed by atoms with Crippen LogP contribution in [0.15, 0.2) is 53.6 Å². The molecule has 0 spiro atoms. The lowest BCUT2D eigenvalue weighted by Crippen LogP contribution is -2.33. The van der Waals surface area contributed by atoms with Crippen LogP contribution in [0.4, 0.5) is 0 Å². The second-order valence-corrected chi connectivity index (χ2v) is 35.0. The Hall–Kier alpha value is -4.39. The molecule has 3 fully saturated rings. The highest BCUT2D eigenvalue weighted by molar-refractivity contribution is 7.72. The number of hydrogen-bond acceptors (Lipinski definition) is 33. The summed E-state index contributed by atoms with van der Waals surface area (Å²) in [7, 11) is -47.9. The highest BCUT2D eigenvalue weighted by Gasteiger charge is 2.50. The quantitative estimate of drug-likeness (QED) is 0.0203. The molecule has 2 aliphatic carbocycles. The molecule has 0 aromatic carbocycles. The minimum absolute atomic E-state index is 0.00848. The number of carbonyl (C=O) groups is 1. The standard InChI is InChI=1S/C45H72N10O37P8/c1-26-18-53(43(62)47-40(26)59)32-13-29(34(56)15-32)22-83-94(67,68)87-36-16-33(54-19-27(2)41(60)48-44(54)63)14-30(36)23-82-93(65,66)84-24-31-21-52(51-50-31)11-8-9-38(58)46-10-6-4-5-7-12-81-95(69,70)88-97(73,74)90-99(77,78)92-100(79,80)91-98(75,76)89-96(71,72)85-25-37-35(57)17-39(86-37)55-20-28(3)42(61)49-45(55)64/h18-21,29-30,32-37,39,56-57H,4-17,22-25H2,1-3H3,(H,46,58)(H,65,66)(H,67,68)(H,69,70)(H,71,72)(H,73,74)(H,75,76)(H,77,78)(H,79,80)(H,47,59,62)(H,48,60,63)(H,49,61,64)/p-2/t29-,30-,32-,33-,34?,35?,36?,37+,39+/m1/s1. The van der Waals surface area contributed by atoms with Gasteiger partial charge in [-0.1, -0.05) is 18.1 Å². The van der Waals surface area contributed by atoms with Crippen molar-refractivity contribution in [3.05, 3.63) is 110 Å². The number of aliphatic hydroxyl groups excluding tert-OH is 2. The molecule has 4 aromatic rings.